The van der Waals surface area contributed by atoms with Gasteiger partial charge in [-0.3, -0.25) is 9.59 Å². The lowest BCUT2D eigenvalue weighted by molar-refractivity contribution is -0.130. The van der Waals surface area contributed by atoms with Crippen LogP contribution in [0.2, 0.25) is 0 Å². The summed E-state index contributed by atoms with van der Waals surface area (Å²) < 4.78 is 4.95. The van der Waals surface area contributed by atoms with Crippen molar-refractivity contribution in [3.63, 3.8) is 0 Å². The van der Waals surface area contributed by atoms with Gasteiger partial charge in [0.2, 0.25) is 5.91 Å². The maximum atomic E-state index is 12.3. The average Bonchev–Trinajstić information content (AvgIpc) is 3.11. The zero-order chi connectivity index (χ0) is 14.5. The molecule has 1 fully saturated rings. The quantitative estimate of drug-likeness (QED) is 0.829. The number of likely N-dealkylation sites (tertiary alicyclic amines) is 1. The lowest BCUT2D eigenvalue weighted by Gasteiger charge is -2.27. The van der Waals surface area contributed by atoms with Crippen molar-refractivity contribution in [1.29, 1.82) is 0 Å². The van der Waals surface area contributed by atoms with E-state index in [1.165, 1.54) is 12.5 Å². The fourth-order valence-corrected chi connectivity index (χ4v) is 2.49. The molecule has 0 N–H and O–H groups in total. The molecule has 2 heterocycles. The van der Waals surface area contributed by atoms with E-state index in [9.17, 15) is 9.59 Å². The van der Waals surface area contributed by atoms with Gasteiger partial charge in [0.25, 0.3) is 5.91 Å². The minimum atomic E-state index is -0.0806. The molecular weight excluding hydrogens is 256 g/mol. The van der Waals surface area contributed by atoms with Crippen molar-refractivity contribution in [2.45, 2.75) is 39.2 Å². The highest BCUT2D eigenvalue weighted by Gasteiger charge is 2.23. The molecule has 0 bridgehead atoms. The van der Waals surface area contributed by atoms with Crippen molar-refractivity contribution >= 4 is 11.8 Å². The Morgan fingerprint density at radius 2 is 2.05 bits per heavy atom. The van der Waals surface area contributed by atoms with Gasteiger partial charge in [-0.2, -0.15) is 0 Å². The second kappa shape index (κ2) is 6.59. The van der Waals surface area contributed by atoms with Crippen LogP contribution in [-0.4, -0.2) is 47.3 Å². The molecule has 0 aliphatic carbocycles. The molecule has 20 heavy (non-hydrogen) atoms. The van der Waals surface area contributed by atoms with Crippen molar-refractivity contribution in [3.8, 4) is 0 Å². The second-order valence-corrected chi connectivity index (χ2v) is 5.44. The summed E-state index contributed by atoms with van der Waals surface area (Å²) in [7, 11) is 0. The Morgan fingerprint density at radius 3 is 2.60 bits per heavy atom. The van der Waals surface area contributed by atoms with Crippen LogP contribution in [0.5, 0.6) is 0 Å². The molecule has 2 rings (SSSR count). The van der Waals surface area contributed by atoms with E-state index >= 15 is 0 Å². The Labute approximate surface area is 119 Å². The van der Waals surface area contributed by atoms with Crippen LogP contribution in [0.4, 0.5) is 0 Å². The highest BCUT2D eigenvalue weighted by molar-refractivity contribution is 5.94. The second-order valence-electron chi connectivity index (χ2n) is 5.44. The minimum Gasteiger partial charge on any atom is -0.472 e. The zero-order valence-corrected chi connectivity index (χ0v) is 12.2. The first-order valence-electron chi connectivity index (χ1n) is 7.20. The third-order valence-electron chi connectivity index (χ3n) is 3.68. The van der Waals surface area contributed by atoms with Gasteiger partial charge in [0, 0.05) is 32.1 Å². The summed E-state index contributed by atoms with van der Waals surface area (Å²) in [5, 5.41) is 0. The molecule has 0 aromatic carbocycles. The van der Waals surface area contributed by atoms with E-state index in [0.717, 1.165) is 25.9 Å². The largest absolute Gasteiger partial charge is 0.472 e. The van der Waals surface area contributed by atoms with Gasteiger partial charge in [-0.05, 0) is 32.8 Å². The Hall–Kier alpha value is -1.78. The van der Waals surface area contributed by atoms with Crippen molar-refractivity contribution in [1.82, 2.24) is 9.80 Å². The molecular formula is C15H22N2O3. The highest BCUT2D eigenvalue weighted by atomic mass is 16.3. The highest BCUT2D eigenvalue weighted by Crippen LogP contribution is 2.12. The standard InChI is InChI=1S/C15H22N2O3/c1-12(2)17(15(19)13-6-10-20-11-13)9-5-14(18)16-7-3-4-8-16/h6,10-12H,3-5,7-9H2,1-2H3. The molecule has 1 saturated heterocycles. The number of amides is 2. The van der Waals surface area contributed by atoms with Gasteiger partial charge < -0.3 is 14.2 Å². The summed E-state index contributed by atoms with van der Waals surface area (Å²) in [5.41, 5.74) is 0.535. The fourth-order valence-electron chi connectivity index (χ4n) is 2.49. The van der Waals surface area contributed by atoms with Crippen LogP contribution in [0.25, 0.3) is 0 Å². The number of hydrogen-bond donors (Lipinski definition) is 0. The SMILES string of the molecule is CC(C)N(CCC(=O)N1CCCC1)C(=O)c1ccoc1. The molecule has 0 spiro atoms. The Balaban J connectivity index is 1.92. The van der Waals surface area contributed by atoms with Gasteiger partial charge in [-0.15, -0.1) is 0 Å². The van der Waals surface area contributed by atoms with E-state index in [2.05, 4.69) is 0 Å². The van der Waals surface area contributed by atoms with Crippen molar-refractivity contribution in [2.24, 2.45) is 0 Å². The number of carbonyl (C=O) groups is 2. The number of carbonyl (C=O) groups excluding carboxylic acids is 2. The topological polar surface area (TPSA) is 53.8 Å². The summed E-state index contributed by atoms with van der Waals surface area (Å²) in [6.45, 7) is 6.08. The molecule has 0 saturated carbocycles. The van der Waals surface area contributed by atoms with Crippen LogP contribution in [-0.2, 0) is 4.79 Å². The van der Waals surface area contributed by atoms with E-state index in [1.54, 1.807) is 11.0 Å². The minimum absolute atomic E-state index is 0.0591. The van der Waals surface area contributed by atoms with Crippen LogP contribution in [0.1, 0.15) is 43.5 Å². The smallest absolute Gasteiger partial charge is 0.257 e. The predicted octanol–water partition coefficient (Wildman–Crippen LogP) is 2.14. The summed E-state index contributed by atoms with van der Waals surface area (Å²) >= 11 is 0. The van der Waals surface area contributed by atoms with Crippen LogP contribution in [0.15, 0.2) is 23.0 Å². The molecule has 1 aromatic rings. The van der Waals surface area contributed by atoms with Crippen molar-refractivity contribution < 1.29 is 14.0 Å². The first kappa shape index (κ1) is 14.6. The maximum Gasteiger partial charge on any atom is 0.257 e. The Kier molecular flexibility index (Phi) is 4.82. The monoisotopic (exact) mass is 278 g/mol. The number of nitrogens with zero attached hydrogens (tertiary/aromatic N) is 2. The third kappa shape index (κ3) is 3.40. The van der Waals surface area contributed by atoms with E-state index in [1.807, 2.05) is 18.7 Å². The molecule has 5 nitrogen and oxygen atoms in total. The third-order valence-corrected chi connectivity index (χ3v) is 3.68. The van der Waals surface area contributed by atoms with Gasteiger partial charge in [0.15, 0.2) is 0 Å². The molecule has 1 aromatic heterocycles. The van der Waals surface area contributed by atoms with E-state index in [0.29, 0.717) is 18.5 Å². The van der Waals surface area contributed by atoms with Gasteiger partial charge in [0.05, 0.1) is 11.8 Å². The van der Waals surface area contributed by atoms with Gasteiger partial charge in [0.1, 0.15) is 6.26 Å². The van der Waals surface area contributed by atoms with Crippen LogP contribution >= 0.6 is 0 Å². The Bertz CT molecular complexity index is 448. The van der Waals surface area contributed by atoms with Crippen LogP contribution in [0.3, 0.4) is 0 Å². The average molecular weight is 278 g/mol. The summed E-state index contributed by atoms with van der Waals surface area (Å²) in [6, 6.07) is 1.71. The molecule has 110 valence electrons. The van der Waals surface area contributed by atoms with Gasteiger partial charge in [-0.25, -0.2) is 0 Å². The molecule has 1 aliphatic heterocycles. The first-order chi connectivity index (χ1) is 9.59. The predicted molar refractivity (Wildman–Crippen MR) is 75.3 cm³/mol. The van der Waals surface area contributed by atoms with Gasteiger partial charge >= 0.3 is 0 Å². The fraction of sp³-hybridized carbons (Fsp3) is 0.600. The lowest BCUT2D eigenvalue weighted by Crippen LogP contribution is -2.40. The van der Waals surface area contributed by atoms with Crippen molar-refractivity contribution in [3.05, 3.63) is 24.2 Å². The summed E-state index contributed by atoms with van der Waals surface area (Å²) in [4.78, 5) is 28.0. The van der Waals surface area contributed by atoms with Crippen LogP contribution in [0, 0.1) is 0 Å². The first-order valence-corrected chi connectivity index (χ1v) is 7.20. The van der Waals surface area contributed by atoms with Crippen molar-refractivity contribution in [2.75, 3.05) is 19.6 Å². The number of furan rings is 1. The van der Waals surface area contributed by atoms with Crippen LogP contribution < -0.4 is 0 Å². The molecule has 5 heteroatoms. The normalized spacial score (nSPS) is 14.8. The van der Waals surface area contributed by atoms with E-state index in [-0.39, 0.29) is 17.9 Å². The Morgan fingerprint density at radius 1 is 1.35 bits per heavy atom. The summed E-state index contributed by atoms with van der Waals surface area (Å²) in [6.07, 6.45) is 5.50. The lowest BCUT2D eigenvalue weighted by atomic mass is 10.2. The zero-order valence-electron chi connectivity index (χ0n) is 12.2. The number of hydrogen-bond acceptors (Lipinski definition) is 3. The van der Waals surface area contributed by atoms with E-state index < -0.39 is 0 Å². The van der Waals surface area contributed by atoms with E-state index in [4.69, 9.17) is 4.42 Å². The molecule has 2 amide bonds. The number of rotatable bonds is 5. The molecule has 0 atom stereocenters. The molecule has 0 radical (unpaired) electrons. The summed E-state index contributed by atoms with van der Waals surface area (Å²) in [5.74, 6) is 0.0658. The molecule has 1 aliphatic rings. The molecule has 0 unspecified atom stereocenters. The maximum absolute atomic E-state index is 12.3. The van der Waals surface area contributed by atoms with Gasteiger partial charge in [-0.1, -0.05) is 0 Å².